The number of rotatable bonds is 12. The molecule has 65 heavy (non-hydrogen) atoms. The first-order chi connectivity index (χ1) is 30.1. The maximum absolute atomic E-state index is 13.3. The van der Waals surface area contributed by atoms with Crippen molar-refractivity contribution in [2.24, 2.45) is 0 Å². The summed E-state index contributed by atoms with van der Waals surface area (Å²) < 4.78 is 47.7. The molecule has 14 nitrogen and oxygen atoms in total. The Hall–Kier alpha value is -6.84. The van der Waals surface area contributed by atoms with E-state index in [9.17, 15) is 28.0 Å². The summed E-state index contributed by atoms with van der Waals surface area (Å²) >= 11 is 0. The first kappa shape index (κ1) is 52.5. The number of hydrogen-bond donors (Lipinski definition) is 5. The highest BCUT2D eigenvalue weighted by Crippen LogP contribution is 2.31. The van der Waals surface area contributed by atoms with Crippen molar-refractivity contribution in [3.05, 3.63) is 120 Å². The van der Waals surface area contributed by atoms with Gasteiger partial charge in [0.05, 0.1) is 22.7 Å². The van der Waals surface area contributed by atoms with E-state index in [2.05, 4.69) is 33.2 Å². The number of benzene rings is 4. The molecule has 0 atom stereocenters. The van der Waals surface area contributed by atoms with Crippen LogP contribution < -0.4 is 31.5 Å². The average Bonchev–Trinajstić information content (AvgIpc) is 3.14. The standard InChI is InChI=1S/C26H34FN3O4.C23H30FN3O4/c1-8-15-30(17-18-9-11-19(27)12-10-18)20-13-14-21(28-23(31)33-25(2,3)4)22(16-20)29-24(32)34-26(5,6)7;1-22(2,3)30-20(28)26-18-12-11-17(25-14-15-7-9-16(24)10-8-15)13-19(18)27-21(29)31-23(4,5)6/h8-14,16H,1,15,17H2,2-7H3,(H,28,31)(H,29,32);7-13,25H,14H2,1-6H3,(H,26,28)(H,27,29). The van der Waals surface area contributed by atoms with E-state index < -0.39 is 46.8 Å². The largest absolute Gasteiger partial charge is 0.444 e. The highest BCUT2D eigenvalue weighted by atomic mass is 19.1. The second kappa shape index (κ2) is 22.7. The summed E-state index contributed by atoms with van der Waals surface area (Å²) in [6, 6.07) is 22.6. The van der Waals surface area contributed by atoms with Crippen molar-refractivity contribution in [3.8, 4) is 0 Å². The second-order valence-corrected chi connectivity index (χ2v) is 18.8. The summed E-state index contributed by atoms with van der Waals surface area (Å²) in [6.07, 6.45) is -0.869. The highest BCUT2D eigenvalue weighted by molar-refractivity contribution is 5.97. The quantitative estimate of drug-likeness (QED) is 0.0681. The van der Waals surface area contributed by atoms with Gasteiger partial charge in [0.1, 0.15) is 34.0 Å². The molecule has 0 aliphatic carbocycles. The summed E-state index contributed by atoms with van der Waals surface area (Å²) in [6.45, 7) is 26.4. The van der Waals surface area contributed by atoms with Crippen LogP contribution in [0.25, 0.3) is 0 Å². The minimum atomic E-state index is -0.697. The Morgan fingerprint density at radius 1 is 0.523 bits per heavy atom. The molecule has 4 amide bonds. The molecule has 0 unspecified atom stereocenters. The van der Waals surface area contributed by atoms with Gasteiger partial charge in [0.25, 0.3) is 0 Å². The van der Waals surface area contributed by atoms with E-state index in [1.165, 1.54) is 24.3 Å². The van der Waals surface area contributed by atoms with Crippen LogP contribution in [-0.4, -0.2) is 53.3 Å². The molecule has 0 aliphatic rings. The van der Waals surface area contributed by atoms with Gasteiger partial charge in [-0.05, 0) is 155 Å². The topological polar surface area (TPSA) is 169 Å². The lowest BCUT2D eigenvalue weighted by molar-refractivity contribution is 0.0621. The number of halogens is 2. The summed E-state index contributed by atoms with van der Waals surface area (Å²) in [7, 11) is 0. The van der Waals surface area contributed by atoms with Gasteiger partial charge in [0.2, 0.25) is 0 Å². The lowest BCUT2D eigenvalue weighted by Crippen LogP contribution is -2.29. The monoisotopic (exact) mass is 902 g/mol. The van der Waals surface area contributed by atoms with E-state index in [4.69, 9.17) is 18.9 Å². The molecule has 352 valence electrons. The van der Waals surface area contributed by atoms with Crippen LogP contribution in [0.1, 0.15) is 94.2 Å². The second-order valence-electron chi connectivity index (χ2n) is 18.8. The normalized spacial score (nSPS) is 11.4. The SMILES string of the molecule is C=CCN(Cc1ccc(F)cc1)c1ccc(NC(=O)OC(C)(C)C)c(NC(=O)OC(C)(C)C)c1.CC(C)(C)OC(=O)Nc1ccc(NCc2ccc(F)cc2)cc1NC(=O)OC(C)(C)C. The van der Waals surface area contributed by atoms with Gasteiger partial charge in [-0.1, -0.05) is 30.3 Å². The third kappa shape index (κ3) is 20.9. The van der Waals surface area contributed by atoms with E-state index in [1.54, 1.807) is 150 Å². The van der Waals surface area contributed by atoms with Crippen LogP contribution in [0.3, 0.4) is 0 Å². The molecule has 0 spiro atoms. The van der Waals surface area contributed by atoms with Gasteiger partial charge >= 0.3 is 24.4 Å². The molecule has 5 N–H and O–H groups in total. The fourth-order valence-corrected chi connectivity index (χ4v) is 5.50. The fraction of sp³-hybridized carbons (Fsp3) is 0.388. The van der Waals surface area contributed by atoms with Gasteiger partial charge in [-0.2, -0.15) is 0 Å². The van der Waals surface area contributed by atoms with E-state index in [0.717, 1.165) is 16.8 Å². The van der Waals surface area contributed by atoms with Crippen molar-refractivity contribution >= 4 is 58.5 Å². The number of nitrogens with zero attached hydrogens (tertiary/aromatic N) is 1. The molecule has 4 rings (SSSR count). The molecule has 0 bridgehead atoms. The first-order valence-electron chi connectivity index (χ1n) is 20.9. The Labute approximate surface area is 381 Å². The summed E-state index contributed by atoms with van der Waals surface area (Å²) in [5.41, 5.74) is 1.89. The molecule has 0 saturated carbocycles. The summed E-state index contributed by atoms with van der Waals surface area (Å²) in [5, 5.41) is 13.9. The lowest BCUT2D eigenvalue weighted by atomic mass is 10.1. The molecular weight excluding hydrogens is 839 g/mol. The Kier molecular flexibility index (Phi) is 18.3. The first-order valence-corrected chi connectivity index (χ1v) is 20.9. The van der Waals surface area contributed by atoms with Crippen molar-refractivity contribution in [2.45, 2.75) is 119 Å². The van der Waals surface area contributed by atoms with Crippen molar-refractivity contribution in [3.63, 3.8) is 0 Å². The predicted molar refractivity (Wildman–Crippen MR) is 254 cm³/mol. The molecule has 0 saturated heterocycles. The third-order valence-electron chi connectivity index (χ3n) is 7.98. The summed E-state index contributed by atoms with van der Waals surface area (Å²) in [5.74, 6) is -0.606. The number of anilines is 6. The lowest BCUT2D eigenvalue weighted by Gasteiger charge is -2.26. The molecule has 4 aromatic carbocycles. The Balaban J connectivity index is 0.000000347. The van der Waals surface area contributed by atoms with Gasteiger partial charge in [-0.3, -0.25) is 21.3 Å². The minimum Gasteiger partial charge on any atom is -0.444 e. The zero-order valence-corrected chi connectivity index (χ0v) is 39.5. The maximum Gasteiger partial charge on any atom is 0.412 e. The predicted octanol–water partition coefficient (Wildman–Crippen LogP) is 12.8. The Morgan fingerprint density at radius 3 is 1.29 bits per heavy atom. The zero-order valence-electron chi connectivity index (χ0n) is 39.5. The highest BCUT2D eigenvalue weighted by Gasteiger charge is 2.23. The van der Waals surface area contributed by atoms with Crippen molar-refractivity contribution < 1.29 is 46.9 Å². The maximum atomic E-state index is 13.3. The number of ether oxygens (including phenoxy) is 4. The van der Waals surface area contributed by atoms with E-state index in [0.29, 0.717) is 48.1 Å². The number of amides is 4. The third-order valence-corrected chi connectivity index (χ3v) is 7.98. The number of nitrogens with one attached hydrogen (secondary N) is 5. The summed E-state index contributed by atoms with van der Waals surface area (Å²) in [4.78, 5) is 51.3. The number of hydrogen-bond acceptors (Lipinski definition) is 10. The molecule has 4 aromatic rings. The van der Waals surface area contributed by atoms with E-state index in [1.807, 2.05) is 4.90 Å². The van der Waals surface area contributed by atoms with Crippen molar-refractivity contribution in [1.82, 2.24) is 0 Å². The van der Waals surface area contributed by atoms with Gasteiger partial charge in [0, 0.05) is 31.0 Å². The minimum absolute atomic E-state index is 0.301. The van der Waals surface area contributed by atoms with Crippen LogP contribution >= 0.6 is 0 Å². The van der Waals surface area contributed by atoms with Gasteiger partial charge in [-0.15, -0.1) is 6.58 Å². The Morgan fingerprint density at radius 2 is 0.892 bits per heavy atom. The van der Waals surface area contributed by atoms with Crippen LogP contribution in [-0.2, 0) is 32.0 Å². The average molecular weight is 903 g/mol. The van der Waals surface area contributed by atoms with Gasteiger partial charge < -0.3 is 29.2 Å². The molecular formula is C49H64F2N6O8. The zero-order chi connectivity index (χ0) is 48.8. The number of carbonyl (C=O) groups excluding carboxylic acids is 4. The van der Waals surface area contributed by atoms with Crippen LogP contribution in [0.15, 0.2) is 97.6 Å². The molecule has 0 aromatic heterocycles. The smallest absolute Gasteiger partial charge is 0.412 e. The van der Waals surface area contributed by atoms with Gasteiger partial charge in [0.15, 0.2) is 0 Å². The Bertz CT molecular complexity index is 2240. The van der Waals surface area contributed by atoms with Crippen LogP contribution in [0.4, 0.5) is 62.1 Å². The van der Waals surface area contributed by atoms with E-state index in [-0.39, 0.29) is 11.6 Å². The molecule has 16 heteroatoms. The van der Waals surface area contributed by atoms with Crippen LogP contribution in [0.5, 0.6) is 0 Å². The molecule has 0 fully saturated rings. The molecule has 0 radical (unpaired) electrons. The van der Waals surface area contributed by atoms with Crippen LogP contribution in [0, 0.1) is 11.6 Å². The van der Waals surface area contributed by atoms with Crippen LogP contribution in [0.2, 0.25) is 0 Å². The van der Waals surface area contributed by atoms with Crippen molar-refractivity contribution in [2.75, 3.05) is 38.0 Å². The molecule has 0 aliphatic heterocycles. The van der Waals surface area contributed by atoms with Crippen molar-refractivity contribution in [1.29, 1.82) is 0 Å². The number of carbonyl (C=O) groups is 4. The van der Waals surface area contributed by atoms with E-state index >= 15 is 0 Å². The molecule has 0 heterocycles. The van der Waals surface area contributed by atoms with Gasteiger partial charge in [-0.25, -0.2) is 28.0 Å². The fourth-order valence-electron chi connectivity index (χ4n) is 5.50.